The Morgan fingerprint density at radius 2 is 2.11 bits per heavy atom. The smallest absolute Gasteiger partial charge is 0.228 e. The molecule has 1 amide bonds. The van der Waals surface area contributed by atoms with Gasteiger partial charge in [0.2, 0.25) is 11.0 Å². The van der Waals surface area contributed by atoms with Crippen LogP contribution in [0.25, 0.3) is 10.6 Å². The average molecular weight is 276 g/mol. The number of rotatable bonds is 3. The highest BCUT2D eigenvalue weighted by atomic mass is 32.1. The van der Waals surface area contributed by atoms with E-state index < -0.39 is 0 Å². The van der Waals surface area contributed by atoms with Crippen molar-refractivity contribution < 1.29 is 4.79 Å². The number of carbonyl (C=O) groups excluding carboxylic acids is 1. The number of hydrogen-bond donors (Lipinski definition) is 2. The summed E-state index contributed by atoms with van der Waals surface area (Å²) < 4.78 is 0. The first-order chi connectivity index (χ1) is 8.97. The minimum absolute atomic E-state index is 0.0638. The molecular formula is C13H16N4OS. The molecule has 0 atom stereocenters. The number of aryl methyl sites for hydroxylation is 1. The molecule has 5 nitrogen and oxygen atoms in total. The van der Waals surface area contributed by atoms with Crippen LogP contribution in [0.15, 0.2) is 18.2 Å². The Balaban J connectivity index is 2.21. The number of nitrogen functional groups attached to an aromatic ring is 1. The lowest BCUT2D eigenvalue weighted by molar-refractivity contribution is -0.118. The Morgan fingerprint density at radius 1 is 1.37 bits per heavy atom. The summed E-state index contributed by atoms with van der Waals surface area (Å²) in [5, 5.41) is 12.0. The number of anilines is 2. The first-order valence-electron chi connectivity index (χ1n) is 5.98. The number of hydrogen-bond acceptors (Lipinski definition) is 5. The van der Waals surface area contributed by atoms with Crippen LogP contribution in [0, 0.1) is 12.8 Å². The second-order valence-corrected chi connectivity index (χ2v) is 5.61. The SMILES string of the molecule is Cc1ccc(-c2nnc(NC(=O)C(C)C)s2)cc1N. The van der Waals surface area contributed by atoms with E-state index in [4.69, 9.17) is 5.73 Å². The predicted octanol–water partition coefficient (Wildman–Crippen LogP) is 2.69. The van der Waals surface area contributed by atoms with Crippen molar-refractivity contribution in [3.05, 3.63) is 23.8 Å². The van der Waals surface area contributed by atoms with Crippen molar-refractivity contribution in [2.75, 3.05) is 11.1 Å². The fourth-order valence-electron chi connectivity index (χ4n) is 1.41. The van der Waals surface area contributed by atoms with Crippen LogP contribution in [0.1, 0.15) is 19.4 Å². The first-order valence-corrected chi connectivity index (χ1v) is 6.80. The molecule has 3 N–H and O–H groups in total. The molecule has 0 aliphatic heterocycles. The fraction of sp³-hybridized carbons (Fsp3) is 0.308. The van der Waals surface area contributed by atoms with E-state index >= 15 is 0 Å². The zero-order valence-corrected chi connectivity index (χ0v) is 11.9. The van der Waals surface area contributed by atoms with Gasteiger partial charge < -0.3 is 11.1 Å². The zero-order valence-electron chi connectivity index (χ0n) is 11.1. The van der Waals surface area contributed by atoms with Gasteiger partial charge in [-0.15, -0.1) is 10.2 Å². The van der Waals surface area contributed by atoms with Gasteiger partial charge in [0.05, 0.1) is 0 Å². The zero-order chi connectivity index (χ0) is 14.0. The van der Waals surface area contributed by atoms with Gasteiger partial charge in [-0.3, -0.25) is 4.79 Å². The van der Waals surface area contributed by atoms with E-state index in [1.807, 2.05) is 39.0 Å². The summed E-state index contributed by atoms with van der Waals surface area (Å²) in [6.07, 6.45) is 0. The van der Waals surface area contributed by atoms with Gasteiger partial charge in [-0.2, -0.15) is 0 Å². The third-order valence-corrected chi connectivity index (χ3v) is 3.59. The van der Waals surface area contributed by atoms with Crippen molar-refractivity contribution in [3.8, 4) is 10.6 Å². The fourth-order valence-corrected chi connectivity index (χ4v) is 2.16. The van der Waals surface area contributed by atoms with Crippen LogP contribution in [-0.2, 0) is 4.79 Å². The Labute approximate surface area is 115 Å². The summed E-state index contributed by atoms with van der Waals surface area (Å²) in [6.45, 7) is 5.61. The van der Waals surface area contributed by atoms with Crippen molar-refractivity contribution in [1.29, 1.82) is 0 Å². The van der Waals surface area contributed by atoms with Crippen LogP contribution in [0.5, 0.6) is 0 Å². The minimum atomic E-state index is -0.0811. The van der Waals surface area contributed by atoms with E-state index in [-0.39, 0.29) is 11.8 Å². The van der Waals surface area contributed by atoms with Gasteiger partial charge in [-0.05, 0) is 18.6 Å². The van der Waals surface area contributed by atoms with Crippen LogP contribution in [0.3, 0.4) is 0 Å². The Bertz CT molecular complexity index is 606. The molecule has 19 heavy (non-hydrogen) atoms. The lowest BCUT2D eigenvalue weighted by Crippen LogP contribution is -2.17. The van der Waals surface area contributed by atoms with E-state index in [1.165, 1.54) is 11.3 Å². The maximum Gasteiger partial charge on any atom is 0.228 e. The number of aromatic nitrogens is 2. The van der Waals surface area contributed by atoms with Gasteiger partial charge in [0.15, 0.2) is 0 Å². The molecule has 1 aromatic carbocycles. The number of nitrogens with one attached hydrogen (secondary N) is 1. The summed E-state index contributed by atoms with van der Waals surface area (Å²) in [5.74, 6) is -0.145. The molecule has 0 saturated heterocycles. The van der Waals surface area contributed by atoms with Crippen LogP contribution in [0.2, 0.25) is 0 Å². The highest BCUT2D eigenvalue weighted by molar-refractivity contribution is 7.18. The number of nitrogens with two attached hydrogens (primary N) is 1. The third-order valence-electron chi connectivity index (χ3n) is 2.71. The molecule has 0 saturated carbocycles. The largest absolute Gasteiger partial charge is 0.398 e. The molecular weight excluding hydrogens is 260 g/mol. The van der Waals surface area contributed by atoms with Crippen molar-refractivity contribution in [2.45, 2.75) is 20.8 Å². The van der Waals surface area contributed by atoms with Gasteiger partial charge in [-0.25, -0.2) is 0 Å². The quantitative estimate of drug-likeness (QED) is 0.844. The number of benzene rings is 1. The van der Waals surface area contributed by atoms with Crippen molar-refractivity contribution >= 4 is 28.1 Å². The Hall–Kier alpha value is -1.95. The van der Waals surface area contributed by atoms with E-state index in [2.05, 4.69) is 15.5 Å². The normalized spacial score (nSPS) is 10.7. The molecule has 0 aliphatic rings. The van der Waals surface area contributed by atoms with Gasteiger partial charge in [-0.1, -0.05) is 37.3 Å². The Kier molecular flexibility index (Phi) is 3.80. The van der Waals surface area contributed by atoms with Gasteiger partial charge in [0, 0.05) is 17.2 Å². The van der Waals surface area contributed by atoms with Crippen molar-refractivity contribution in [2.24, 2.45) is 5.92 Å². The summed E-state index contributed by atoms with van der Waals surface area (Å²) in [7, 11) is 0. The monoisotopic (exact) mass is 276 g/mol. The maximum absolute atomic E-state index is 11.6. The molecule has 1 aromatic heterocycles. The molecule has 2 rings (SSSR count). The van der Waals surface area contributed by atoms with Gasteiger partial charge in [0.25, 0.3) is 0 Å². The summed E-state index contributed by atoms with van der Waals surface area (Å²) in [4.78, 5) is 11.6. The molecule has 0 unspecified atom stereocenters. The lowest BCUT2D eigenvalue weighted by Gasteiger charge is -2.02. The molecule has 1 heterocycles. The van der Waals surface area contributed by atoms with E-state index in [0.717, 1.165) is 21.8 Å². The molecule has 6 heteroatoms. The second-order valence-electron chi connectivity index (χ2n) is 4.63. The molecule has 2 aromatic rings. The van der Waals surface area contributed by atoms with Gasteiger partial charge in [0.1, 0.15) is 5.01 Å². The summed E-state index contributed by atoms with van der Waals surface area (Å²) >= 11 is 1.34. The van der Waals surface area contributed by atoms with E-state index in [0.29, 0.717) is 5.13 Å². The lowest BCUT2D eigenvalue weighted by atomic mass is 10.1. The molecule has 0 fully saturated rings. The van der Waals surface area contributed by atoms with E-state index in [9.17, 15) is 4.79 Å². The van der Waals surface area contributed by atoms with Gasteiger partial charge >= 0.3 is 0 Å². The van der Waals surface area contributed by atoms with Crippen LogP contribution in [0.4, 0.5) is 10.8 Å². The third kappa shape index (κ3) is 3.08. The van der Waals surface area contributed by atoms with Crippen molar-refractivity contribution in [1.82, 2.24) is 10.2 Å². The highest BCUT2D eigenvalue weighted by Gasteiger charge is 2.12. The van der Waals surface area contributed by atoms with Crippen LogP contribution in [-0.4, -0.2) is 16.1 Å². The first kappa shape index (κ1) is 13.5. The highest BCUT2D eigenvalue weighted by Crippen LogP contribution is 2.28. The van der Waals surface area contributed by atoms with E-state index in [1.54, 1.807) is 0 Å². The second kappa shape index (κ2) is 5.36. The summed E-state index contributed by atoms with van der Waals surface area (Å²) in [5.41, 5.74) is 8.53. The maximum atomic E-state index is 11.6. The van der Waals surface area contributed by atoms with Crippen LogP contribution < -0.4 is 11.1 Å². The predicted molar refractivity (Wildman–Crippen MR) is 78.0 cm³/mol. The topological polar surface area (TPSA) is 80.9 Å². The number of nitrogens with zero attached hydrogens (tertiary/aromatic N) is 2. The standard InChI is InChI=1S/C13H16N4OS/c1-7(2)11(18)15-13-17-16-12(19-13)9-5-4-8(3)10(14)6-9/h4-7H,14H2,1-3H3,(H,15,17,18). The average Bonchev–Trinajstić information content (AvgIpc) is 2.81. The molecule has 0 bridgehead atoms. The molecule has 0 spiro atoms. The van der Waals surface area contributed by atoms with Crippen molar-refractivity contribution in [3.63, 3.8) is 0 Å². The number of amides is 1. The minimum Gasteiger partial charge on any atom is -0.398 e. The Morgan fingerprint density at radius 3 is 2.74 bits per heavy atom. The molecule has 0 aliphatic carbocycles. The molecule has 0 radical (unpaired) electrons. The van der Waals surface area contributed by atoms with Crippen LogP contribution >= 0.6 is 11.3 Å². The molecule has 100 valence electrons. The summed E-state index contributed by atoms with van der Waals surface area (Å²) in [6, 6.07) is 5.75. The number of carbonyl (C=O) groups is 1.